The van der Waals surface area contributed by atoms with Crippen LogP contribution in [0.25, 0.3) is 0 Å². The third-order valence-electron chi connectivity index (χ3n) is 3.96. The van der Waals surface area contributed by atoms with E-state index in [1.54, 1.807) is 18.2 Å². The lowest BCUT2D eigenvalue weighted by Gasteiger charge is -2.18. The van der Waals surface area contributed by atoms with Crippen molar-refractivity contribution in [2.75, 3.05) is 5.32 Å². The average Bonchev–Trinajstić information content (AvgIpc) is 2.71. The molecule has 0 unspecified atom stereocenters. The molecule has 0 saturated carbocycles. The molecular weight excluding hydrogens is 334 g/mol. The Morgan fingerprint density at radius 2 is 1.63 bits per heavy atom. The highest BCUT2D eigenvalue weighted by molar-refractivity contribution is 6.06. The maximum Gasteiger partial charge on any atom is 0.266 e. The zero-order valence-corrected chi connectivity index (χ0v) is 14.7. The van der Waals surface area contributed by atoms with E-state index in [2.05, 4.69) is 22.3 Å². The lowest BCUT2D eigenvalue weighted by atomic mass is 10.1. The number of nitrogens with one attached hydrogen (secondary N) is 1. The summed E-state index contributed by atoms with van der Waals surface area (Å²) in [5.74, 6) is -0.421. The maximum atomic E-state index is 12.2. The third kappa shape index (κ3) is 5.32. The molecule has 1 aliphatic heterocycles. The van der Waals surface area contributed by atoms with Crippen molar-refractivity contribution >= 4 is 11.6 Å². The van der Waals surface area contributed by atoms with E-state index in [4.69, 9.17) is 0 Å². The van der Waals surface area contributed by atoms with Gasteiger partial charge in [0.05, 0.1) is 0 Å². The van der Waals surface area contributed by atoms with Gasteiger partial charge in [-0.15, -0.1) is 0 Å². The Labute approximate surface area is 159 Å². The minimum Gasteiger partial charge on any atom is -0.350 e. The third-order valence-corrected chi connectivity index (χ3v) is 3.96. The summed E-state index contributed by atoms with van der Waals surface area (Å²) in [6.07, 6.45) is 11.1. The van der Waals surface area contributed by atoms with Gasteiger partial charge in [-0.3, -0.25) is 4.79 Å². The molecule has 1 N–H and O–H groups in total. The Balaban J connectivity index is 1.62. The van der Waals surface area contributed by atoms with Gasteiger partial charge in [0.1, 0.15) is 11.6 Å². The molecule has 0 aliphatic carbocycles. The summed E-state index contributed by atoms with van der Waals surface area (Å²) in [7, 11) is 0. The molecule has 0 aromatic heterocycles. The SMILES string of the molecule is N#C/C(=C/C=C1C=CN(Cc2ccccc2)C=C1)C(=O)Nc1ccccc1. The first-order chi connectivity index (χ1) is 13.2. The maximum absolute atomic E-state index is 12.2. The molecule has 132 valence electrons. The minimum atomic E-state index is -0.421. The molecule has 1 amide bonds. The van der Waals surface area contributed by atoms with Crippen molar-refractivity contribution in [2.45, 2.75) is 6.54 Å². The van der Waals surface area contributed by atoms with Crippen LogP contribution in [0.3, 0.4) is 0 Å². The van der Waals surface area contributed by atoms with Crippen LogP contribution in [-0.2, 0) is 11.3 Å². The molecule has 2 aromatic rings. The van der Waals surface area contributed by atoms with E-state index >= 15 is 0 Å². The molecule has 0 atom stereocenters. The highest BCUT2D eigenvalue weighted by Crippen LogP contribution is 2.14. The Morgan fingerprint density at radius 1 is 1.00 bits per heavy atom. The Kier molecular flexibility index (Phi) is 6.00. The Morgan fingerprint density at radius 3 is 2.26 bits per heavy atom. The quantitative estimate of drug-likeness (QED) is 0.634. The second-order valence-corrected chi connectivity index (χ2v) is 5.97. The summed E-state index contributed by atoms with van der Waals surface area (Å²) in [4.78, 5) is 14.3. The van der Waals surface area contributed by atoms with Gasteiger partial charge in [-0.1, -0.05) is 54.6 Å². The van der Waals surface area contributed by atoms with E-state index in [1.165, 1.54) is 11.6 Å². The van der Waals surface area contributed by atoms with Gasteiger partial charge in [-0.25, -0.2) is 0 Å². The molecule has 4 heteroatoms. The molecule has 0 spiro atoms. The summed E-state index contributed by atoms with van der Waals surface area (Å²) < 4.78 is 0. The van der Waals surface area contributed by atoms with E-state index in [0.717, 1.165) is 12.1 Å². The second kappa shape index (κ2) is 9.02. The fourth-order valence-corrected chi connectivity index (χ4v) is 2.54. The lowest BCUT2D eigenvalue weighted by molar-refractivity contribution is -0.112. The fourth-order valence-electron chi connectivity index (χ4n) is 2.54. The Hall–Kier alpha value is -3.84. The predicted molar refractivity (Wildman–Crippen MR) is 107 cm³/mol. The van der Waals surface area contributed by atoms with Gasteiger partial charge < -0.3 is 10.2 Å². The molecule has 0 fully saturated rings. The number of carbonyl (C=O) groups is 1. The number of amides is 1. The van der Waals surface area contributed by atoms with Crippen LogP contribution in [0.1, 0.15) is 5.56 Å². The number of carbonyl (C=O) groups excluding carboxylic acids is 1. The van der Waals surface area contributed by atoms with Crippen molar-refractivity contribution in [1.82, 2.24) is 4.90 Å². The van der Waals surface area contributed by atoms with E-state index in [1.807, 2.05) is 67.0 Å². The van der Waals surface area contributed by atoms with Crippen LogP contribution in [-0.4, -0.2) is 10.8 Å². The number of nitrogens with zero attached hydrogens (tertiary/aromatic N) is 2. The van der Waals surface area contributed by atoms with Crippen LogP contribution in [0.2, 0.25) is 0 Å². The smallest absolute Gasteiger partial charge is 0.266 e. The summed E-state index contributed by atoms with van der Waals surface area (Å²) >= 11 is 0. The molecular formula is C23H19N3O. The predicted octanol–water partition coefficient (Wildman–Crippen LogP) is 4.54. The molecule has 0 bridgehead atoms. The highest BCUT2D eigenvalue weighted by atomic mass is 16.1. The van der Waals surface area contributed by atoms with Crippen molar-refractivity contribution in [3.8, 4) is 6.07 Å². The lowest BCUT2D eigenvalue weighted by Crippen LogP contribution is -2.13. The van der Waals surface area contributed by atoms with E-state index < -0.39 is 5.91 Å². The monoisotopic (exact) mass is 353 g/mol. The van der Waals surface area contributed by atoms with Gasteiger partial charge in [0.15, 0.2) is 0 Å². The molecule has 1 heterocycles. The number of rotatable bonds is 5. The van der Waals surface area contributed by atoms with Crippen molar-refractivity contribution in [3.63, 3.8) is 0 Å². The topological polar surface area (TPSA) is 56.1 Å². The molecule has 0 saturated heterocycles. The van der Waals surface area contributed by atoms with Crippen LogP contribution in [0, 0.1) is 11.3 Å². The van der Waals surface area contributed by atoms with Crippen LogP contribution < -0.4 is 5.32 Å². The van der Waals surface area contributed by atoms with Crippen LogP contribution >= 0.6 is 0 Å². The first kappa shape index (κ1) is 18.0. The summed E-state index contributed by atoms with van der Waals surface area (Å²) in [5.41, 5.74) is 2.85. The largest absolute Gasteiger partial charge is 0.350 e. The summed E-state index contributed by atoms with van der Waals surface area (Å²) in [5, 5.41) is 12.0. The first-order valence-corrected chi connectivity index (χ1v) is 8.59. The van der Waals surface area contributed by atoms with Crippen molar-refractivity contribution in [2.24, 2.45) is 0 Å². The minimum absolute atomic E-state index is 0.0554. The number of hydrogen-bond donors (Lipinski definition) is 1. The summed E-state index contributed by atoms with van der Waals surface area (Å²) in [6.45, 7) is 0.792. The number of para-hydroxylation sites is 1. The first-order valence-electron chi connectivity index (χ1n) is 8.59. The van der Waals surface area contributed by atoms with Crippen LogP contribution in [0.5, 0.6) is 0 Å². The van der Waals surface area contributed by atoms with Gasteiger partial charge in [-0.05, 0) is 41.5 Å². The van der Waals surface area contributed by atoms with Crippen molar-refractivity contribution in [1.29, 1.82) is 5.26 Å². The molecule has 27 heavy (non-hydrogen) atoms. The molecule has 2 aromatic carbocycles. The average molecular weight is 353 g/mol. The Bertz CT molecular complexity index is 932. The highest BCUT2D eigenvalue weighted by Gasteiger charge is 2.08. The molecule has 3 rings (SSSR count). The number of nitriles is 1. The van der Waals surface area contributed by atoms with Gasteiger partial charge in [0.2, 0.25) is 0 Å². The van der Waals surface area contributed by atoms with E-state index in [9.17, 15) is 10.1 Å². The standard InChI is InChI=1S/C23H19N3O/c24-17-21(23(27)25-22-9-5-2-6-10-22)12-11-19-13-15-26(16-14-19)18-20-7-3-1-4-8-20/h1-16H,18H2,(H,25,27)/b21-12-. The van der Waals surface area contributed by atoms with Crippen LogP contribution in [0.4, 0.5) is 5.69 Å². The second-order valence-electron chi connectivity index (χ2n) is 5.97. The van der Waals surface area contributed by atoms with Crippen LogP contribution in [0.15, 0.2) is 109 Å². The van der Waals surface area contributed by atoms with E-state index in [-0.39, 0.29) is 5.57 Å². The summed E-state index contributed by atoms with van der Waals surface area (Å²) in [6, 6.07) is 21.2. The normalized spacial score (nSPS) is 13.2. The molecule has 4 nitrogen and oxygen atoms in total. The molecule has 1 aliphatic rings. The fraction of sp³-hybridized carbons (Fsp3) is 0.0435. The zero-order valence-electron chi connectivity index (χ0n) is 14.7. The number of allylic oxidation sites excluding steroid dienone is 5. The number of hydrogen-bond acceptors (Lipinski definition) is 3. The van der Waals surface area contributed by atoms with Gasteiger partial charge in [0.25, 0.3) is 5.91 Å². The number of anilines is 1. The van der Waals surface area contributed by atoms with E-state index in [0.29, 0.717) is 5.69 Å². The van der Waals surface area contributed by atoms with Gasteiger partial charge in [-0.2, -0.15) is 5.26 Å². The molecule has 0 radical (unpaired) electrons. The zero-order chi connectivity index (χ0) is 18.9. The number of benzene rings is 2. The van der Waals surface area contributed by atoms with Gasteiger partial charge >= 0.3 is 0 Å². The van der Waals surface area contributed by atoms with Crippen molar-refractivity contribution < 1.29 is 4.79 Å². The van der Waals surface area contributed by atoms with Gasteiger partial charge in [0, 0.05) is 24.6 Å². The van der Waals surface area contributed by atoms with Crippen molar-refractivity contribution in [3.05, 3.63) is 114 Å².